The van der Waals surface area contributed by atoms with Gasteiger partial charge in [0.25, 0.3) is 0 Å². The molecule has 0 amide bonds. The molecule has 0 aliphatic heterocycles. The number of hydrogen-bond donors (Lipinski definition) is 2. The monoisotopic (exact) mass is 200 g/mol. The van der Waals surface area contributed by atoms with Crippen molar-refractivity contribution >= 4 is 11.0 Å². The normalized spacial score (nSPS) is 9.67. The molecule has 0 unspecified atom stereocenters. The Hall–Kier alpha value is -2.10. The summed E-state index contributed by atoms with van der Waals surface area (Å²) in [5.74, 6) is 0. The van der Waals surface area contributed by atoms with Crippen LogP contribution >= 0.6 is 0 Å². The van der Waals surface area contributed by atoms with Gasteiger partial charge in [-0.3, -0.25) is 0 Å². The van der Waals surface area contributed by atoms with E-state index in [-0.39, 0.29) is 0 Å². The number of rotatable bonds is 0. The zero-order chi connectivity index (χ0) is 10.5. The van der Waals surface area contributed by atoms with Gasteiger partial charge < -0.3 is 4.98 Å². The number of para-hydroxylation sites is 1. The minimum Gasteiger partial charge on any atom is -0.368 e. The molecule has 2 aromatic heterocycles. The second-order valence-corrected chi connectivity index (χ2v) is 3.15. The first kappa shape index (κ1) is 9.45. The lowest BCUT2D eigenvalue weighted by Crippen LogP contribution is -1.73. The second kappa shape index (κ2) is 4.41. The van der Waals surface area contributed by atoms with E-state index in [0.29, 0.717) is 0 Å². The van der Waals surface area contributed by atoms with Gasteiger partial charge in [-0.25, -0.2) is 0 Å². The highest BCUT2D eigenvalue weighted by Crippen LogP contribution is 2.10. The van der Waals surface area contributed by atoms with Gasteiger partial charge in [-0.05, 0) is 30.7 Å². The zero-order valence-corrected chi connectivity index (χ0v) is 8.44. The number of H-pyrrole nitrogens is 2. The van der Waals surface area contributed by atoms with Gasteiger partial charge in [0.2, 0.25) is 0 Å². The predicted octanol–water partition coefficient (Wildman–Crippen LogP) is 2.28. The Bertz CT molecular complexity index is 493. The summed E-state index contributed by atoms with van der Waals surface area (Å²) in [5.41, 5.74) is 3.05. The summed E-state index contributed by atoms with van der Waals surface area (Å²) < 4.78 is 0. The Kier molecular flexibility index (Phi) is 2.78. The lowest BCUT2D eigenvalue weighted by molar-refractivity contribution is 0.958. The van der Waals surface area contributed by atoms with Crippen LogP contribution in [0.4, 0.5) is 0 Å². The Labute approximate surface area is 87.3 Å². The highest BCUT2D eigenvalue weighted by molar-refractivity contribution is 5.76. The first-order chi connectivity index (χ1) is 7.38. The molecule has 3 aromatic rings. The average molecular weight is 200 g/mol. The van der Waals surface area contributed by atoms with Crippen LogP contribution in [-0.2, 0) is 0 Å². The van der Waals surface area contributed by atoms with Crippen LogP contribution < -0.4 is 0 Å². The number of nitrogens with zero attached hydrogens (tertiary/aromatic N) is 2. The van der Waals surface area contributed by atoms with Crippen LogP contribution in [0.2, 0.25) is 0 Å². The fourth-order valence-electron chi connectivity index (χ4n) is 1.29. The third-order valence-corrected chi connectivity index (χ3v) is 2.04. The molecule has 1 aromatic carbocycles. The van der Waals surface area contributed by atoms with E-state index in [1.54, 1.807) is 0 Å². The van der Waals surface area contributed by atoms with Crippen LogP contribution in [0.3, 0.4) is 0 Å². The van der Waals surface area contributed by atoms with Gasteiger partial charge >= 0.3 is 0 Å². The molecule has 2 heterocycles. The van der Waals surface area contributed by atoms with Gasteiger partial charge in [0.15, 0.2) is 0 Å². The number of fused-ring (bicyclic) bond motifs is 1. The van der Waals surface area contributed by atoms with Gasteiger partial charge in [-0.15, -0.1) is 0 Å². The van der Waals surface area contributed by atoms with Crippen molar-refractivity contribution < 1.29 is 0 Å². The minimum absolute atomic E-state index is 0.931. The highest BCUT2D eigenvalue weighted by atomic mass is 15.3. The predicted molar refractivity (Wildman–Crippen MR) is 59.4 cm³/mol. The van der Waals surface area contributed by atoms with Crippen molar-refractivity contribution in [3.05, 3.63) is 48.3 Å². The number of aromatic amines is 2. The maximum absolute atomic E-state index is 3.98. The van der Waals surface area contributed by atoms with Crippen molar-refractivity contribution in [2.45, 2.75) is 6.92 Å². The molecule has 0 spiro atoms. The van der Waals surface area contributed by atoms with Crippen LogP contribution in [0.5, 0.6) is 0 Å². The Morgan fingerprint density at radius 1 is 1.00 bits per heavy atom. The molecule has 0 radical (unpaired) electrons. The standard InChI is InChI=1S/C7H7N3.C4H5N/c1-5-3-2-4-6-7(5)9-10-8-6;1-2-4-5-3-1/h2-4H,1H3,(H,8,9,10);1-5H. The van der Waals surface area contributed by atoms with E-state index in [1.807, 2.05) is 49.6 Å². The molecular formula is C11H12N4. The third kappa shape index (κ3) is 2.22. The van der Waals surface area contributed by atoms with E-state index in [4.69, 9.17) is 0 Å². The van der Waals surface area contributed by atoms with E-state index < -0.39 is 0 Å². The number of aromatic nitrogens is 4. The average Bonchev–Trinajstić information content (AvgIpc) is 2.93. The molecule has 4 heteroatoms. The van der Waals surface area contributed by atoms with Gasteiger partial charge in [-0.2, -0.15) is 15.4 Å². The van der Waals surface area contributed by atoms with Crippen molar-refractivity contribution in [3.8, 4) is 0 Å². The number of nitrogens with one attached hydrogen (secondary N) is 2. The fraction of sp³-hybridized carbons (Fsp3) is 0.0909. The van der Waals surface area contributed by atoms with Crippen molar-refractivity contribution in [1.29, 1.82) is 0 Å². The van der Waals surface area contributed by atoms with Crippen LogP contribution in [0.15, 0.2) is 42.7 Å². The maximum atomic E-state index is 3.98. The maximum Gasteiger partial charge on any atom is 0.115 e. The Morgan fingerprint density at radius 3 is 2.40 bits per heavy atom. The summed E-state index contributed by atoms with van der Waals surface area (Å²) in [6, 6.07) is 9.82. The SMILES string of the molecule is Cc1cccc2n[nH]nc12.c1cc[nH]c1. The van der Waals surface area contributed by atoms with Crippen molar-refractivity contribution in [3.63, 3.8) is 0 Å². The van der Waals surface area contributed by atoms with Crippen LogP contribution in [-0.4, -0.2) is 20.4 Å². The zero-order valence-electron chi connectivity index (χ0n) is 8.44. The van der Waals surface area contributed by atoms with E-state index in [9.17, 15) is 0 Å². The molecular weight excluding hydrogens is 188 g/mol. The molecule has 0 saturated heterocycles. The van der Waals surface area contributed by atoms with Crippen LogP contribution in [0.1, 0.15) is 5.56 Å². The fourth-order valence-corrected chi connectivity index (χ4v) is 1.29. The third-order valence-electron chi connectivity index (χ3n) is 2.04. The van der Waals surface area contributed by atoms with Gasteiger partial charge in [-0.1, -0.05) is 12.1 Å². The smallest absolute Gasteiger partial charge is 0.115 e. The lowest BCUT2D eigenvalue weighted by atomic mass is 10.2. The summed E-state index contributed by atoms with van der Waals surface area (Å²) in [7, 11) is 0. The summed E-state index contributed by atoms with van der Waals surface area (Å²) >= 11 is 0. The lowest BCUT2D eigenvalue weighted by Gasteiger charge is -1.88. The first-order valence-corrected chi connectivity index (χ1v) is 4.72. The molecule has 0 saturated carbocycles. The molecule has 0 aliphatic rings. The number of hydrogen-bond acceptors (Lipinski definition) is 2. The molecule has 0 fully saturated rings. The van der Waals surface area contributed by atoms with Crippen molar-refractivity contribution in [1.82, 2.24) is 20.4 Å². The van der Waals surface area contributed by atoms with E-state index >= 15 is 0 Å². The molecule has 15 heavy (non-hydrogen) atoms. The second-order valence-electron chi connectivity index (χ2n) is 3.15. The van der Waals surface area contributed by atoms with E-state index in [0.717, 1.165) is 16.6 Å². The first-order valence-electron chi connectivity index (χ1n) is 4.72. The number of benzene rings is 1. The summed E-state index contributed by atoms with van der Waals surface area (Å²) in [4.78, 5) is 2.86. The quantitative estimate of drug-likeness (QED) is 0.585. The van der Waals surface area contributed by atoms with E-state index in [2.05, 4.69) is 20.4 Å². The van der Waals surface area contributed by atoms with Gasteiger partial charge in [0, 0.05) is 12.4 Å². The minimum atomic E-state index is 0.931. The topological polar surface area (TPSA) is 57.4 Å². The largest absolute Gasteiger partial charge is 0.368 e. The molecule has 0 bridgehead atoms. The molecule has 3 rings (SSSR count). The summed E-state index contributed by atoms with van der Waals surface area (Å²) in [6.45, 7) is 2.02. The Morgan fingerprint density at radius 2 is 1.80 bits per heavy atom. The Balaban J connectivity index is 0.000000144. The summed E-state index contributed by atoms with van der Waals surface area (Å²) in [5, 5.41) is 10.5. The van der Waals surface area contributed by atoms with Crippen LogP contribution in [0.25, 0.3) is 11.0 Å². The molecule has 0 aliphatic carbocycles. The highest BCUT2D eigenvalue weighted by Gasteiger charge is 1.97. The van der Waals surface area contributed by atoms with Crippen molar-refractivity contribution in [2.24, 2.45) is 0 Å². The van der Waals surface area contributed by atoms with Crippen LogP contribution in [0, 0.1) is 6.92 Å². The van der Waals surface area contributed by atoms with Crippen molar-refractivity contribution in [2.75, 3.05) is 0 Å². The molecule has 76 valence electrons. The molecule has 0 atom stereocenters. The summed E-state index contributed by atoms with van der Waals surface area (Å²) in [6.07, 6.45) is 3.75. The van der Waals surface area contributed by atoms with Gasteiger partial charge in [0.1, 0.15) is 11.0 Å². The number of aryl methyl sites for hydroxylation is 1. The van der Waals surface area contributed by atoms with Gasteiger partial charge in [0.05, 0.1) is 0 Å². The molecule has 4 nitrogen and oxygen atoms in total. The molecule has 2 N–H and O–H groups in total. The van der Waals surface area contributed by atoms with E-state index in [1.165, 1.54) is 0 Å².